The van der Waals surface area contributed by atoms with Crippen LogP contribution in [0.5, 0.6) is 0 Å². The average molecular weight is 358 g/mol. The van der Waals surface area contributed by atoms with Gasteiger partial charge in [-0.2, -0.15) is 0 Å². The van der Waals surface area contributed by atoms with Gasteiger partial charge in [0.25, 0.3) is 0 Å². The maximum absolute atomic E-state index is 12.5. The zero-order valence-corrected chi connectivity index (χ0v) is 14.8. The third-order valence-corrected chi connectivity index (χ3v) is 5.85. The molecule has 0 spiro atoms. The molecule has 0 radical (unpaired) electrons. The Hall–Kier alpha value is -3.05. The van der Waals surface area contributed by atoms with Crippen molar-refractivity contribution in [3.05, 3.63) is 82.9 Å². The normalized spacial score (nSPS) is 18.9. The smallest absolute Gasteiger partial charge is 0.337 e. The van der Waals surface area contributed by atoms with Gasteiger partial charge in [-0.05, 0) is 11.5 Å². The monoisotopic (exact) mass is 358 g/mol. The number of anilines is 1. The first-order chi connectivity index (χ1) is 12.7. The number of thioether (sulfide) groups is 1. The first kappa shape index (κ1) is 15.2. The van der Waals surface area contributed by atoms with Crippen molar-refractivity contribution in [1.29, 1.82) is 0 Å². The first-order valence-electron chi connectivity index (χ1n) is 8.27. The van der Waals surface area contributed by atoms with Crippen molar-refractivity contribution in [1.82, 2.24) is 0 Å². The molecule has 0 fully saturated rings. The van der Waals surface area contributed by atoms with Crippen LogP contribution in [0.25, 0.3) is 10.8 Å². The largest absolute Gasteiger partial charge is 0.370 e. The molecule has 2 heterocycles. The fraction of sp³-hybridized carbons (Fsp3) is 0.0476. The zero-order chi connectivity index (χ0) is 17.7. The van der Waals surface area contributed by atoms with Crippen molar-refractivity contribution in [2.24, 2.45) is 5.16 Å². The molecular weight excluding hydrogens is 344 g/mol. The number of nitrogens with zero attached hydrogens (tertiary/aromatic N) is 2. The summed E-state index contributed by atoms with van der Waals surface area (Å²) in [4.78, 5) is 20.7. The van der Waals surface area contributed by atoms with Gasteiger partial charge in [-0.3, -0.25) is 0 Å². The Morgan fingerprint density at radius 2 is 1.73 bits per heavy atom. The van der Waals surface area contributed by atoms with Gasteiger partial charge in [0.1, 0.15) is 11.3 Å². The van der Waals surface area contributed by atoms with E-state index >= 15 is 0 Å². The minimum atomic E-state index is -0.407. The Balaban J connectivity index is 1.69. The molecule has 0 saturated carbocycles. The highest BCUT2D eigenvalue weighted by atomic mass is 32.2. The van der Waals surface area contributed by atoms with E-state index in [9.17, 15) is 4.79 Å². The molecule has 0 unspecified atom stereocenters. The van der Waals surface area contributed by atoms with Crippen LogP contribution in [0.15, 0.2) is 87.4 Å². The third kappa shape index (κ3) is 2.17. The van der Waals surface area contributed by atoms with Gasteiger partial charge in [0.05, 0.1) is 10.7 Å². The van der Waals surface area contributed by atoms with E-state index in [1.54, 1.807) is 11.8 Å². The van der Waals surface area contributed by atoms with Crippen LogP contribution in [-0.2, 0) is 9.63 Å². The second-order valence-corrected chi connectivity index (χ2v) is 7.19. The van der Waals surface area contributed by atoms with Crippen molar-refractivity contribution in [3.63, 3.8) is 0 Å². The lowest BCUT2D eigenvalue weighted by Gasteiger charge is -2.17. The van der Waals surface area contributed by atoms with Gasteiger partial charge < -0.3 is 9.74 Å². The molecule has 0 bridgehead atoms. The molecule has 2 aliphatic heterocycles. The fourth-order valence-electron chi connectivity index (χ4n) is 3.41. The van der Waals surface area contributed by atoms with Gasteiger partial charge in [0.2, 0.25) is 0 Å². The summed E-state index contributed by atoms with van der Waals surface area (Å²) in [5.41, 5.74) is 3.09. The van der Waals surface area contributed by atoms with E-state index in [4.69, 9.17) is 4.84 Å². The van der Waals surface area contributed by atoms with Gasteiger partial charge >= 0.3 is 5.97 Å². The van der Waals surface area contributed by atoms with Gasteiger partial charge in [-0.25, -0.2) is 4.79 Å². The number of carbonyl (C=O) groups excluding carboxylic acids is 1. The summed E-state index contributed by atoms with van der Waals surface area (Å²) < 4.78 is 0. The number of rotatable bonds is 1. The molecule has 126 valence electrons. The second-order valence-electron chi connectivity index (χ2n) is 6.16. The second kappa shape index (κ2) is 5.75. The molecular formula is C21H14N2O2S. The van der Waals surface area contributed by atoms with Crippen LogP contribution in [0.1, 0.15) is 5.56 Å². The molecule has 0 aromatic heterocycles. The van der Waals surface area contributed by atoms with Gasteiger partial charge in [-0.15, -0.1) is 0 Å². The van der Waals surface area contributed by atoms with E-state index < -0.39 is 5.97 Å². The van der Waals surface area contributed by atoms with E-state index in [0.29, 0.717) is 11.3 Å². The molecule has 26 heavy (non-hydrogen) atoms. The lowest BCUT2D eigenvalue weighted by Crippen LogP contribution is -2.18. The SMILES string of the molecule is CN1/C(=C2\C(=O)ON=C2c2ccccc2)Sc2ccc3ccccc3c21. The summed E-state index contributed by atoms with van der Waals surface area (Å²) in [7, 11) is 1.99. The molecule has 4 nitrogen and oxygen atoms in total. The number of carbonyl (C=O) groups is 1. The van der Waals surface area contributed by atoms with Crippen LogP contribution in [0, 0.1) is 0 Å². The molecule has 2 aliphatic rings. The number of oxime groups is 1. The van der Waals surface area contributed by atoms with Crippen molar-refractivity contribution in [2.75, 3.05) is 11.9 Å². The highest BCUT2D eigenvalue weighted by Crippen LogP contribution is 2.50. The van der Waals surface area contributed by atoms with Crippen molar-refractivity contribution >= 4 is 39.9 Å². The van der Waals surface area contributed by atoms with Crippen molar-refractivity contribution < 1.29 is 9.63 Å². The van der Waals surface area contributed by atoms with E-state index in [0.717, 1.165) is 21.2 Å². The Kier molecular flexibility index (Phi) is 3.36. The molecule has 3 aromatic carbocycles. The minimum Gasteiger partial charge on any atom is -0.337 e. The summed E-state index contributed by atoms with van der Waals surface area (Å²) in [5.74, 6) is -0.407. The van der Waals surface area contributed by atoms with E-state index in [-0.39, 0.29) is 0 Å². The number of benzene rings is 3. The first-order valence-corrected chi connectivity index (χ1v) is 9.08. The zero-order valence-electron chi connectivity index (χ0n) is 14.0. The summed E-state index contributed by atoms with van der Waals surface area (Å²) >= 11 is 1.58. The van der Waals surface area contributed by atoms with Crippen LogP contribution in [-0.4, -0.2) is 18.7 Å². The maximum atomic E-state index is 12.5. The summed E-state index contributed by atoms with van der Waals surface area (Å²) in [6, 6.07) is 22.1. The van der Waals surface area contributed by atoms with Crippen molar-refractivity contribution in [2.45, 2.75) is 4.90 Å². The summed E-state index contributed by atoms with van der Waals surface area (Å²) in [6.45, 7) is 0. The molecule has 0 saturated heterocycles. The van der Waals surface area contributed by atoms with Crippen LogP contribution in [0.3, 0.4) is 0 Å². The Bertz CT molecular complexity index is 1120. The number of fused-ring (bicyclic) bond motifs is 3. The number of hydrogen-bond acceptors (Lipinski definition) is 5. The van der Waals surface area contributed by atoms with Gasteiger partial charge in [-0.1, -0.05) is 77.6 Å². The molecule has 0 amide bonds. The lowest BCUT2D eigenvalue weighted by molar-refractivity contribution is -0.136. The number of hydrogen-bond donors (Lipinski definition) is 0. The average Bonchev–Trinajstić information content (AvgIpc) is 3.22. The summed E-state index contributed by atoms with van der Waals surface area (Å²) in [5, 5.41) is 7.23. The Morgan fingerprint density at radius 3 is 2.58 bits per heavy atom. The topological polar surface area (TPSA) is 41.9 Å². The predicted octanol–water partition coefficient (Wildman–Crippen LogP) is 4.55. The lowest BCUT2D eigenvalue weighted by atomic mass is 10.0. The Labute approximate surface area is 154 Å². The van der Waals surface area contributed by atoms with Gasteiger partial charge in [0.15, 0.2) is 0 Å². The molecule has 0 atom stereocenters. The predicted molar refractivity (Wildman–Crippen MR) is 104 cm³/mol. The molecule has 0 aliphatic carbocycles. The van der Waals surface area contributed by atoms with E-state index in [2.05, 4.69) is 34.3 Å². The minimum absolute atomic E-state index is 0.407. The van der Waals surface area contributed by atoms with Crippen LogP contribution >= 0.6 is 11.8 Å². The van der Waals surface area contributed by atoms with Crippen LogP contribution in [0.2, 0.25) is 0 Å². The highest BCUT2D eigenvalue weighted by Gasteiger charge is 2.36. The molecule has 5 rings (SSSR count). The molecule has 5 heteroatoms. The highest BCUT2D eigenvalue weighted by molar-refractivity contribution is 8.03. The van der Waals surface area contributed by atoms with Crippen LogP contribution in [0.4, 0.5) is 5.69 Å². The summed E-state index contributed by atoms with van der Waals surface area (Å²) in [6.07, 6.45) is 0. The maximum Gasteiger partial charge on any atom is 0.370 e. The van der Waals surface area contributed by atoms with Gasteiger partial charge in [0, 0.05) is 22.9 Å². The quantitative estimate of drug-likeness (QED) is 0.473. The van der Waals surface area contributed by atoms with Crippen molar-refractivity contribution in [3.8, 4) is 0 Å². The molecule has 0 N–H and O–H groups in total. The van der Waals surface area contributed by atoms with Crippen LogP contribution < -0.4 is 4.90 Å². The standard InChI is InChI=1S/C21H14N2O2S/c1-23-19-15-10-6-5-7-13(15)11-12-16(19)26-20(23)17-18(22-25-21(17)24)14-8-3-2-4-9-14/h2-12H,1H3/b20-17+. The third-order valence-electron chi connectivity index (χ3n) is 4.63. The fourth-order valence-corrected chi connectivity index (χ4v) is 4.61. The van der Waals surface area contributed by atoms with E-state index in [1.807, 2.05) is 49.5 Å². The molecule has 3 aromatic rings. The Morgan fingerprint density at radius 1 is 0.962 bits per heavy atom. The van der Waals surface area contributed by atoms with E-state index in [1.165, 1.54) is 10.8 Å².